The SMILES string of the molecule is Cc1ccc(N2C(=O)CC(N(CCc3ccccc3C)C(=S)Nc3ccc(Cl)c(Cl)c3)C2=O)cc1. The molecule has 5 nitrogen and oxygen atoms in total. The van der Waals surface area contributed by atoms with Crippen LogP contribution in [0.4, 0.5) is 11.4 Å². The summed E-state index contributed by atoms with van der Waals surface area (Å²) in [6, 6.07) is 19.8. The molecule has 0 aromatic heterocycles. The van der Waals surface area contributed by atoms with Crippen molar-refractivity contribution in [2.24, 2.45) is 0 Å². The second-order valence-corrected chi connectivity index (χ2v) is 9.75. The van der Waals surface area contributed by atoms with Gasteiger partial charge in [0.2, 0.25) is 5.91 Å². The highest BCUT2D eigenvalue weighted by Gasteiger charge is 2.43. The molecule has 1 N–H and O–H groups in total. The molecule has 0 bridgehead atoms. The smallest absolute Gasteiger partial charge is 0.257 e. The Labute approximate surface area is 220 Å². The molecule has 1 aliphatic heterocycles. The second kappa shape index (κ2) is 10.8. The van der Waals surface area contributed by atoms with E-state index < -0.39 is 6.04 Å². The van der Waals surface area contributed by atoms with E-state index in [1.807, 2.05) is 31.2 Å². The summed E-state index contributed by atoms with van der Waals surface area (Å²) in [6.07, 6.45) is 0.710. The van der Waals surface area contributed by atoms with E-state index in [0.717, 1.165) is 16.7 Å². The number of hydrogen-bond acceptors (Lipinski definition) is 3. The minimum atomic E-state index is -0.712. The summed E-state index contributed by atoms with van der Waals surface area (Å²) in [5.74, 6) is -0.538. The monoisotopic (exact) mass is 525 g/mol. The molecule has 1 atom stereocenters. The number of imide groups is 1. The fourth-order valence-electron chi connectivity index (χ4n) is 4.12. The van der Waals surface area contributed by atoms with Gasteiger partial charge in [0.25, 0.3) is 5.91 Å². The molecule has 1 fully saturated rings. The van der Waals surface area contributed by atoms with Crippen LogP contribution in [0, 0.1) is 13.8 Å². The number of halogens is 2. The van der Waals surface area contributed by atoms with Gasteiger partial charge in [-0.05, 0) is 73.9 Å². The zero-order valence-corrected chi connectivity index (χ0v) is 21.8. The zero-order chi connectivity index (χ0) is 25.1. The first-order valence-corrected chi connectivity index (χ1v) is 12.4. The lowest BCUT2D eigenvalue weighted by Gasteiger charge is -2.30. The molecule has 4 rings (SSSR count). The van der Waals surface area contributed by atoms with E-state index in [1.54, 1.807) is 35.2 Å². The number of thiocarbonyl (C=S) groups is 1. The largest absolute Gasteiger partial charge is 0.336 e. The van der Waals surface area contributed by atoms with Gasteiger partial charge in [-0.3, -0.25) is 9.59 Å². The van der Waals surface area contributed by atoms with Crippen LogP contribution in [0.2, 0.25) is 10.0 Å². The van der Waals surface area contributed by atoms with Gasteiger partial charge in [-0.2, -0.15) is 0 Å². The molecule has 2 amide bonds. The normalized spacial score (nSPS) is 15.4. The standard InChI is InChI=1S/C27H25Cl2N3O2S/c1-17-7-10-21(11-8-17)32-25(33)16-24(26(32)34)31(14-13-19-6-4-3-5-18(19)2)27(35)30-20-9-12-22(28)23(29)15-20/h3-12,15,24H,13-14,16H2,1-2H3,(H,30,35). The van der Waals surface area contributed by atoms with Crippen molar-refractivity contribution in [1.82, 2.24) is 4.90 Å². The lowest BCUT2D eigenvalue weighted by Crippen LogP contribution is -2.48. The van der Waals surface area contributed by atoms with E-state index in [9.17, 15) is 9.59 Å². The molecule has 1 aliphatic rings. The van der Waals surface area contributed by atoms with E-state index in [1.165, 1.54) is 4.90 Å². The summed E-state index contributed by atoms with van der Waals surface area (Å²) in [5.41, 5.74) is 4.58. The number of nitrogens with one attached hydrogen (secondary N) is 1. The Hall–Kier alpha value is -2.93. The number of carbonyl (C=O) groups is 2. The van der Waals surface area contributed by atoms with E-state index >= 15 is 0 Å². The van der Waals surface area contributed by atoms with Crippen LogP contribution in [-0.2, 0) is 16.0 Å². The molecular formula is C27H25Cl2N3O2S. The summed E-state index contributed by atoms with van der Waals surface area (Å²) >= 11 is 18.0. The first-order chi connectivity index (χ1) is 16.7. The Kier molecular flexibility index (Phi) is 7.75. The van der Waals surface area contributed by atoms with Crippen LogP contribution in [-0.4, -0.2) is 34.4 Å². The number of benzene rings is 3. The van der Waals surface area contributed by atoms with E-state index in [0.29, 0.717) is 39.5 Å². The summed E-state index contributed by atoms with van der Waals surface area (Å²) in [7, 11) is 0. The number of carbonyl (C=O) groups excluding carboxylic acids is 2. The molecular weight excluding hydrogens is 501 g/mol. The van der Waals surface area contributed by atoms with E-state index in [-0.39, 0.29) is 18.2 Å². The topological polar surface area (TPSA) is 52.7 Å². The van der Waals surface area contributed by atoms with Crippen LogP contribution >= 0.6 is 35.4 Å². The molecule has 0 spiro atoms. The first kappa shape index (κ1) is 25.2. The van der Waals surface area contributed by atoms with Crippen LogP contribution in [0.25, 0.3) is 0 Å². The lowest BCUT2D eigenvalue weighted by molar-refractivity contribution is -0.122. The Balaban J connectivity index is 1.61. The van der Waals surface area contributed by atoms with Crippen LogP contribution in [0.1, 0.15) is 23.1 Å². The molecule has 1 heterocycles. The van der Waals surface area contributed by atoms with Crippen molar-refractivity contribution >= 4 is 63.7 Å². The number of anilines is 2. The fourth-order valence-corrected chi connectivity index (χ4v) is 4.76. The minimum absolute atomic E-state index is 0.0453. The molecule has 180 valence electrons. The maximum absolute atomic E-state index is 13.5. The van der Waals surface area contributed by atoms with Gasteiger partial charge in [-0.15, -0.1) is 0 Å². The third-order valence-electron chi connectivity index (χ3n) is 6.11. The van der Waals surface area contributed by atoms with Crippen molar-refractivity contribution in [2.45, 2.75) is 32.7 Å². The Morgan fingerprint density at radius 2 is 1.74 bits per heavy atom. The predicted octanol–water partition coefficient (Wildman–Crippen LogP) is 6.18. The molecule has 8 heteroatoms. The van der Waals surface area contributed by atoms with Gasteiger partial charge in [-0.25, -0.2) is 4.90 Å². The zero-order valence-electron chi connectivity index (χ0n) is 19.4. The number of aryl methyl sites for hydroxylation is 2. The molecule has 0 saturated carbocycles. The first-order valence-electron chi connectivity index (χ1n) is 11.2. The number of hydrogen-bond donors (Lipinski definition) is 1. The predicted molar refractivity (Wildman–Crippen MR) is 146 cm³/mol. The Bertz CT molecular complexity index is 1280. The van der Waals surface area contributed by atoms with Crippen molar-refractivity contribution in [3.05, 3.63) is 93.5 Å². The number of rotatable bonds is 6. The van der Waals surface area contributed by atoms with Crippen molar-refractivity contribution in [1.29, 1.82) is 0 Å². The molecule has 1 saturated heterocycles. The van der Waals surface area contributed by atoms with Gasteiger partial charge in [0.15, 0.2) is 5.11 Å². The van der Waals surface area contributed by atoms with Gasteiger partial charge in [0.05, 0.1) is 22.2 Å². The summed E-state index contributed by atoms with van der Waals surface area (Å²) in [6.45, 7) is 4.47. The van der Waals surface area contributed by atoms with Crippen LogP contribution in [0.5, 0.6) is 0 Å². The summed E-state index contributed by atoms with van der Waals surface area (Å²) < 4.78 is 0. The van der Waals surface area contributed by atoms with Crippen molar-refractivity contribution < 1.29 is 9.59 Å². The van der Waals surface area contributed by atoms with Gasteiger partial charge in [-0.1, -0.05) is 65.2 Å². The average Bonchev–Trinajstić information content (AvgIpc) is 3.12. The highest BCUT2D eigenvalue weighted by molar-refractivity contribution is 7.80. The summed E-state index contributed by atoms with van der Waals surface area (Å²) in [5, 5.41) is 4.34. The quantitative estimate of drug-likeness (QED) is 0.307. The van der Waals surface area contributed by atoms with E-state index in [2.05, 4.69) is 24.4 Å². The molecule has 3 aromatic carbocycles. The molecule has 35 heavy (non-hydrogen) atoms. The van der Waals surface area contributed by atoms with Crippen LogP contribution in [0.3, 0.4) is 0 Å². The molecule has 0 aliphatic carbocycles. The highest BCUT2D eigenvalue weighted by atomic mass is 35.5. The molecule has 0 radical (unpaired) electrons. The van der Waals surface area contributed by atoms with Gasteiger partial charge < -0.3 is 10.2 Å². The van der Waals surface area contributed by atoms with E-state index in [4.69, 9.17) is 35.4 Å². The van der Waals surface area contributed by atoms with Gasteiger partial charge >= 0.3 is 0 Å². The highest BCUT2D eigenvalue weighted by Crippen LogP contribution is 2.28. The fraction of sp³-hybridized carbons (Fsp3) is 0.222. The van der Waals surface area contributed by atoms with Gasteiger partial charge in [0, 0.05) is 12.2 Å². The lowest BCUT2D eigenvalue weighted by atomic mass is 10.1. The maximum Gasteiger partial charge on any atom is 0.257 e. The Morgan fingerprint density at radius 3 is 2.43 bits per heavy atom. The van der Waals surface area contributed by atoms with Crippen LogP contribution in [0.15, 0.2) is 66.7 Å². The number of amides is 2. The van der Waals surface area contributed by atoms with Crippen molar-refractivity contribution in [3.8, 4) is 0 Å². The Morgan fingerprint density at radius 1 is 1.03 bits per heavy atom. The van der Waals surface area contributed by atoms with Crippen molar-refractivity contribution in [3.63, 3.8) is 0 Å². The molecule has 1 unspecified atom stereocenters. The third kappa shape index (κ3) is 5.67. The summed E-state index contributed by atoms with van der Waals surface area (Å²) in [4.78, 5) is 29.5. The maximum atomic E-state index is 13.5. The van der Waals surface area contributed by atoms with Crippen molar-refractivity contribution in [2.75, 3.05) is 16.8 Å². The third-order valence-corrected chi connectivity index (χ3v) is 7.18. The molecule has 3 aromatic rings. The second-order valence-electron chi connectivity index (χ2n) is 8.55. The number of nitrogens with zero attached hydrogens (tertiary/aromatic N) is 2. The minimum Gasteiger partial charge on any atom is -0.336 e. The van der Waals surface area contributed by atoms with Gasteiger partial charge in [0.1, 0.15) is 6.04 Å². The van der Waals surface area contributed by atoms with Crippen LogP contribution < -0.4 is 10.2 Å². The average molecular weight is 526 g/mol.